The minimum absolute atomic E-state index is 0.802. The summed E-state index contributed by atoms with van der Waals surface area (Å²) in [5, 5.41) is 0. The van der Waals surface area contributed by atoms with Gasteiger partial charge in [0.2, 0.25) is 0 Å². The molecule has 0 N–H and O–H groups in total. The molecule has 0 nitrogen and oxygen atoms in total. The van der Waals surface area contributed by atoms with Crippen molar-refractivity contribution in [3.8, 4) is 0 Å². The normalized spacial score (nSPS) is 49.7. The van der Waals surface area contributed by atoms with Crippen LogP contribution in [0.4, 0.5) is 0 Å². The summed E-state index contributed by atoms with van der Waals surface area (Å²) in [5.41, 5.74) is 0. The SMILES string of the molecule is [CH2]C1CC2CCC(C1)C2. The standard InChI is InChI=1S/C9H15/c1-7-4-8-2-3-9(5-7)6-8/h7-9H,1-6H2. The molecule has 0 amide bonds. The van der Waals surface area contributed by atoms with Crippen LogP contribution < -0.4 is 0 Å². The minimum Gasteiger partial charge on any atom is -0.0502 e. The molecule has 0 aromatic heterocycles. The average molecular weight is 123 g/mol. The lowest BCUT2D eigenvalue weighted by molar-refractivity contribution is 0.299. The quantitative estimate of drug-likeness (QED) is 0.464. The fourth-order valence-electron chi connectivity index (χ4n) is 2.65. The van der Waals surface area contributed by atoms with E-state index in [1.54, 1.807) is 0 Å². The highest BCUT2D eigenvalue weighted by atomic mass is 14.4. The Morgan fingerprint density at radius 3 is 2.00 bits per heavy atom. The third-order valence-electron chi connectivity index (χ3n) is 2.98. The van der Waals surface area contributed by atoms with Gasteiger partial charge < -0.3 is 0 Å². The fraction of sp³-hybridized carbons (Fsp3) is 0.889. The van der Waals surface area contributed by atoms with Crippen molar-refractivity contribution in [1.82, 2.24) is 0 Å². The van der Waals surface area contributed by atoms with Crippen molar-refractivity contribution >= 4 is 0 Å². The van der Waals surface area contributed by atoms with Gasteiger partial charge in [-0.25, -0.2) is 0 Å². The van der Waals surface area contributed by atoms with Gasteiger partial charge >= 0.3 is 0 Å². The second-order valence-corrected chi connectivity index (χ2v) is 3.88. The highest BCUT2D eigenvalue weighted by Gasteiger charge is 2.31. The number of hydrogen-bond donors (Lipinski definition) is 0. The van der Waals surface area contributed by atoms with Crippen LogP contribution in [0.25, 0.3) is 0 Å². The van der Waals surface area contributed by atoms with Crippen LogP contribution in [0.2, 0.25) is 0 Å². The lowest BCUT2D eigenvalue weighted by Gasteiger charge is -2.23. The molecule has 1 radical (unpaired) electrons. The lowest BCUT2D eigenvalue weighted by atomic mass is 9.82. The van der Waals surface area contributed by atoms with Crippen LogP contribution in [0, 0.1) is 24.7 Å². The molecule has 2 saturated carbocycles. The smallest absolute Gasteiger partial charge is 0.0409 e. The Hall–Kier alpha value is 0. The molecule has 2 atom stereocenters. The topological polar surface area (TPSA) is 0 Å². The van der Waals surface area contributed by atoms with Gasteiger partial charge in [0.1, 0.15) is 0 Å². The van der Waals surface area contributed by atoms with Crippen LogP contribution in [-0.4, -0.2) is 0 Å². The van der Waals surface area contributed by atoms with Crippen molar-refractivity contribution < 1.29 is 0 Å². The second kappa shape index (κ2) is 2.00. The number of fused-ring (bicyclic) bond motifs is 2. The molecule has 0 aliphatic heterocycles. The summed E-state index contributed by atoms with van der Waals surface area (Å²) in [7, 11) is 0. The van der Waals surface area contributed by atoms with Gasteiger partial charge in [0, 0.05) is 0 Å². The molecule has 2 unspecified atom stereocenters. The molecule has 2 aliphatic carbocycles. The molecule has 0 heteroatoms. The molecule has 2 bridgehead atoms. The van der Waals surface area contributed by atoms with Crippen molar-refractivity contribution in [2.45, 2.75) is 32.1 Å². The van der Waals surface area contributed by atoms with Gasteiger partial charge in [-0.1, -0.05) is 19.8 Å². The van der Waals surface area contributed by atoms with E-state index in [-0.39, 0.29) is 0 Å². The maximum atomic E-state index is 4.14. The highest BCUT2D eigenvalue weighted by Crippen LogP contribution is 2.43. The van der Waals surface area contributed by atoms with Crippen molar-refractivity contribution in [3.63, 3.8) is 0 Å². The Morgan fingerprint density at radius 1 is 0.889 bits per heavy atom. The third kappa shape index (κ3) is 0.997. The summed E-state index contributed by atoms with van der Waals surface area (Å²) >= 11 is 0. The van der Waals surface area contributed by atoms with E-state index in [0.717, 1.165) is 17.8 Å². The van der Waals surface area contributed by atoms with Crippen molar-refractivity contribution in [1.29, 1.82) is 0 Å². The molecule has 9 heavy (non-hydrogen) atoms. The maximum absolute atomic E-state index is 4.14. The van der Waals surface area contributed by atoms with Gasteiger partial charge in [-0.3, -0.25) is 0 Å². The zero-order valence-corrected chi connectivity index (χ0v) is 5.97. The molecule has 0 saturated heterocycles. The summed E-state index contributed by atoms with van der Waals surface area (Å²) in [6, 6.07) is 0. The van der Waals surface area contributed by atoms with E-state index < -0.39 is 0 Å². The Morgan fingerprint density at radius 2 is 1.44 bits per heavy atom. The first-order valence-electron chi connectivity index (χ1n) is 4.17. The number of rotatable bonds is 0. The first-order valence-corrected chi connectivity index (χ1v) is 4.17. The summed E-state index contributed by atoms with van der Waals surface area (Å²) in [5.74, 6) is 2.95. The maximum Gasteiger partial charge on any atom is -0.0409 e. The molecule has 0 heterocycles. The largest absolute Gasteiger partial charge is 0.0502 e. The van der Waals surface area contributed by atoms with Crippen LogP contribution >= 0.6 is 0 Å². The molecule has 0 aromatic rings. The molecule has 51 valence electrons. The fourth-order valence-corrected chi connectivity index (χ4v) is 2.65. The van der Waals surface area contributed by atoms with E-state index in [1.165, 1.54) is 32.1 Å². The van der Waals surface area contributed by atoms with Crippen LogP contribution in [0.1, 0.15) is 32.1 Å². The Balaban J connectivity index is 2.03. The van der Waals surface area contributed by atoms with Crippen LogP contribution in [0.3, 0.4) is 0 Å². The van der Waals surface area contributed by atoms with E-state index in [0.29, 0.717) is 0 Å². The van der Waals surface area contributed by atoms with Crippen molar-refractivity contribution in [2.24, 2.45) is 17.8 Å². The van der Waals surface area contributed by atoms with Gasteiger partial charge in [-0.15, -0.1) is 0 Å². The first kappa shape index (κ1) is 5.76. The van der Waals surface area contributed by atoms with Gasteiger partial charge in [0.05, 0.1) is 0 Å². The Kier molecular flexibility index (Phi) is 1.28. The van der Waals surface area contributed by atoms with Crippen LogP contribution in [0.5, 0.6) is 0 Å². The molecular weight excluding hydrogens is 108 g/mol. The number of hydrogen-bond acceptors (Lipinski definition) is 0. The second-order valence-electron chi connectivity index (χ2n) is 3.88. The average Bonchev–Trinajstić information content (AvgIpc) is 2.11. The first-order chi connectivity index (χ1) is 4.34. The van der Waals surface area contributed by atoms with Crippen molar-refractivity contribution in [3.05, 3.63) is 6.92 Å². The summed E-state index contributed by atoms with van der Waals surface area (Å²) in [6.45, 7) is 4.14. The van der Waals surface area contributed by atoms with E-state index in [4.69, 9.17) is 0 Å². The Labute approximate surface area is 57.6 Å². The lowest BCUT2D eigenvalue weighted by Crippen LogP contribution is -2.12. The van der Waals surface area contributed by atoms with E-state index in [2.05, 4.69) is 6.92 Å². The minimum atomic E-state index is 0.802. The zero-order chi connectivity index (χ0) is 6.27. The Bertz CT molecular complexity index is 94.6. The predicted molar refractivity (Wildman–Crippen MR) is 38.9 cm³/mol. The molecule has 0 aromatic carbocycles. The van der Waals surface area contributed by atoms with Crippen LogP contribution in [0.15, 0.2) is 0 Å². The van der Waals surface area contributed by atoms with E-state index >= 15 is 0 Å². The molecule has 0 spiro atoms. The van der Waals surface area contributed by atoms with Crippen molar-refractivity contribution in [2.75, 3.05) is 0 Å². The summed E-state index contributed by atoms with van der Waals surface area (Å²) in [6.07, 6.45) is 7.41. The molecule has 2 aliphatic rings. The van der Waals surface area contributed by atoms with Gasteiger partial charge in [0.25, 0.3) is 0 Å². The highest BCUT2D eigenvalue weighted by molar-refractivity contribution is 4.85. The third-order valence-corrected chi connectivity index (χ3v) is 2.98. The van der Waals surface area contributed by atoms with Crippen LogP contribution in [-0.2, 0) is 0 Å². The van der Waals surface area contributed by atoms with Gasteiger partial charge in [0.15, 0.2) is 0 Å². The van der Waals surface area contributed by atoms with Gasteiger partial charge in [-0.2, -0.15) is 0 Å². The molecular formula is C9H15. The van der Waals surface area contributed by atoms with Gasteiger partial charge in [-0.05, 0) is 37.0 Å². The summed E-state index contributed by atoms with van der Waals surface area (Å²) in [4.78, 5) is 0. The summed E-state index contributed by atoms with van der Waals surface area (Å²) < 4.78 is 0. The monoisotopic (exact) mass is 123 g/mol. The molecule has 2 fully saturated rings. The van der Waals surface area contributed by atoms with E-state index in [9.17, 15) is 0 Å². The molecule has 2 rings (SSSR count). The predicted octanol–water partition coefficient (Wildman–Crippen LogP) is 2.65. The zero-order valence-electron chi connectivity index (χ0n) is 5.97. The van der Waals surface area contributed by atoms with E-state index in [1.807, 2.05) is 0 Å².